The van der Waals surface area contributed by atoms with Crippen molar-refractivity contribution in [1.82, 2.24) is 5.48 Å². The molecule has 3 rings (SSSR count). The quantitative estimate of drug-likeness (QED) is 0.119. The van der Waals surface area contributed by atoms with Crippen molar-refractivity contribution >= 4 is 35.9 Å². The molecule has 2 fully saturated rings. The first-order valence-electron chi connectivity index (χ1n) is 14.0. The third-order valence-corrected chi connectivity index (χ3v) is 6.74. The zero-order valence-electron chi connectivity index (χ0n) is 25.4. The standard InChI is InChI=1S/C29H37NO16/c1-6-17-7-9-18(10-8-17)27(38)30-46-28-22(37)21(36)23(19(11-31)43-28)45-29-26(42-16(5)35)25(41-15(4)34)24(40-14(3)33)20(44-29)12-39-13(2)32/h6-10,19-26,28-29,31,36-37H,1,11-12H2,2-5H3,(H,30,38)/t19-,20-,21-,22-,23-,24+,25+,26-,28+,29+/m1/s1. The van der Waals surface area contributed by atoms with Crippen LogP contribution < -0.4 is 5.48 Å². The Morgan fingerprint density at radius 2 is 1.35 bits per heavy atom. The van der Waals surface area contributed by atoms with E-state index in [-0.39, 0.29) is 5.56 Å². The van der Waals surface area contributed by atoms with Gasteiger partial charge in [-0.15, -0.1) is 0 Å². The summed E-state index contributed by atoms with van der Waals surface area (Å²) in [6.07, 6.45) is -14.7. The normalized spacial score (nSPS) is 30.8. The summed E-state index contributed by atoms with van der Waals surface area (Å²) in [5, 5.41) is 31.9. The van der Waals surface area contributed by atoms with Crippen LogP contribution >= 0.6 is 0 Å². The van der Waals surface area contributed by atoms with Gasteiger partial charge in [-0.2, -0.15) is 0 Å². The Morgan fingerprint density at radius 1 is 0.783 bits per heavy atom. The van der Waals surface area contributed by atoms with E-state index in [9.17, 15) is 39.3 Å². The van der Waals surface area contributed by atoms with Gasteiger partial charge >= 0.3 is 23.9 Å². The second kappa shape index (κ2) is 16.5. The number of carbonyl (C=O) groups is 5. The number of esters is 4. The number of benzene rings is 1. The number of amides is 1. The van der Waals surface area contributed by atoms with Crippen molar-refractivity contribution in [2.45, 2.75) is 89.1 Å². The largest absolute Gasteiger partial charge is 0.463 e. The molecule has 2 heterocycles. The average molecular weight is 656 g/mol. The fourth-order valence-corrected chi connectivity index (χ4v) is 4.71. The Balaban J connectivity index is 1.84. The molecule has 0 aliphatic carbocycles. The van der Waals surface area contributed by atoms with Crippen LogP contribution in [0, 0.1) is 0 Å². The monoisotopic (exact) mass is 655 g/mol. The van der Waals surface area contributed by atoms with E-state index in [0.717, 1.165) is 33.3 Å². The molecule has 0 aromatic heterocycles. The van der Waals surface area contributed by atoms with Gasteiger partial charge in [-0.05, 0) is 17.7 Å². The number of hydrogen-bond donors (Lipinski definition) is 4. The lowest BCUT2D eigenvalue weighted by Crippen LogP contribution is -2.66. The van der Waals surface area contributed by atoms with Crippen LogP contribution in [0.3, 0.4) is 0 Å². The van der Waals surface area contributed by atoms with Gasteiger partial charge in [0, 0.05) is 33.3 Å². The number of aliphatic hydroxyl groups is 3. The fraction of sp³-hybridized carbons (Fsp3) is 0.552. The van der Waals surface area contributed by atoms with Crippen LogP contribution in [0.25, 0.3) is 6.08 Å². The Morgan fingerprint density at radius 3 is 1.89 bits per heavy atom. The SMILES string of the molecule is C=Cc1ccc(C(=O)NO[C@@H]2O[C@H](CO)[C@@H](O[C@@H]3O[C@H](COC(C)=O)[C@H](OC(C)=O)[C@H](OC(C)=O)[C@H]3OC(C)=O)[C@H](O)[C@H]2O)cc1. The highest BCUT2D eigenvalue weighted by molar-refractivity contribution is 5.93. The summed E-state index contributed by atoms with van der Waals surface area (Å²) in [4.78, 5) is 65.3. The van der Waals surface area contributed by atoms with E-state index in [1.165, 1.54) is 12.1 Å². The minimum absolute atomic E-state index is 0.194. The molecular formula is C29H37NO16. The number of aliphatic hydroxyl groups excluding tert-OH is 3. The number of nitrogens with one attached hydrogen (secondary N) is 1. The molecule has 1 aromatic rings. The maximum atomic E-state index is 12.5. The van der Waals surface area contributed by atoms with Gasteiger partial charge in [0.15, 0.2) is 24.6 Å². The van der Waals surface area contributed by atoms with Gasteiger partial charge in [-0.3, -0.25) is 24.0 Å². The van der Waals surface area contributed by atoms with Crippen LogP contribution in [-0.2, 0) is 57.2 Å². The summed E-state index contributed by atoms with van der Waals surface area (Å²) >= 11 is 0. The molecule has 2 aliphatic rings. The van der Waals surface area contributed by atoms with Gasteiger partial charge in [0.25, 0.3) is 5.91 Å². The number of carbonyl (C=O) groups excluding carboxylic acids is 5. The second-order valence-electron chi connectivity index (χ2n) is 10.3. The summed E-state index contributed by atoms with van der Waals surface area (Å²) in [5.41, 5.74) is 3.06. The van der Waals surface area contributed by atoms with Gasteiger partial charge in [0.2, 0.25) is 6.29 Å². The molecule has 0 bridgehead atoms. The van der Waals surface area contributed by atoms with Crippen LogP contribution in [0.5, 0.6) is 0 Å². The lowest BCUT2D eigenvalue weighted by atomic mass is 9.96. The van der Waals surface area contributed by atoms with Crippen LogP contribution in [0.15, 0.2) is 30.8 Å². The summed E-state index contributed by atoms with van der Waals surface area (Å²) in [5.74, 6) is -4.07. The van der Waals surface area contributed by atoms with Crippen molar-refractivity contribution in [2.24, 2.45) is 0 Å². The first kappa shape index (κ1) is 36.5. The maximum absolute atomic E-state index is 12.5. The Kier molecular flexibility index (Phi) is 13.1. The lowest BCUT2D eigenvalue weighted by molar-refractivity contribution is -0.363. The zero-order chi connectivity index (χ0) is 34.1. The molecule has 0 unspecified atom stereocenters. The molecule has 0 spiro atoms. The number of hydrogen-bond acceptors (Lipinski definition) is 16. The van der Waals surface area contributed by atoms with E-state index in [1.54, 1.807) is 18.2 Å². The number of rotatable bonds is 12. The van der Waals surface area contributed by atoms with E-state index < -0.39 is 104 Å². The summed E-state index contributed by atoms with van der Waals surface area (Å²) in [7, 11) is 0. The molecule has 254 valence electrons. The van der Waals surface area contributed by atoms with Crippen molar-refractivity contribution in [3.05, 3.63) is 42.0 Å². The van der Waals surface area contributed by atoms with Crippen molar-refractivity contribution in [3.63, 3.8) is 0 Å². The summed E-state index contributed by atoms with van der Waals surface area (Å²) in [6, 6.07) is 6.26. The molecule has 0 saturated carbocycles. The van der Waals surface area contributed by atoms with Crippen molar-refractivity contribution in [3.8, 4) is 0 Å². The van der Waals surface area contributed by atoms with Crippen LogP contribution in [0.4, 0.5) is 0 Å². The molecule has 10 atom stereocenters. The van der Waals surface area contributed by atoms with Gasteiger partial charge in [0.05, 0.1) is 6.61 Å². The lowest BCUT2D eigenvalue weighted by Gasteiger charge is -2.47. The molecule has 46 heavy (non-hydrogen) atoms. The van der Waals surface area contributed by atoms with Crippen LogP contribution in [-0.4, -0.2) is 120 Å². The van der Waals surface area contributed by atoms with Gasteiger partial charge in [-0.25, -0.2) is 10.3 Å². The third-order valence-electron chi connectivity index (χ3n) is 6.74. The molecule has 1 amide bonds. The van der Waals surface area contributed by atoms with E-state index in [0.29, 0.717) is 0 Å². The molecule has 4 N–H and O–H groups in total. The molecule has 1 aromatic carbocycles. The topological polar surface area (TPSA) is 232 Å². The highest BCUT2D eigenvalue weighted by atomic mass is 16.8. The first-order chi connectivity index (χ1) is 21.7. The fourth-order valence-electron chi connectivity index (χ4n) is 4.71. The Bertz CT molecular complexity index is 1250. The number of ether oxygens (including phenoxy) is 7. The van der Waals surface area contributed by atoms with Gasteiger partial charge in [-0.1, -0.05) is 24.8 Å². The van der Waals surface area contributed by atoms with Gasteiger partial charge < -0.3 is 48.5 Å². The van der Waals surface area contributed by atoms with E-state index in [1.807, 2.05) is 0 Å². The first-order valence-corrected chi connectivity index (χ1v) is 14.0. The van der Waals surface area contributed by atoms with Crippen LogP contribution in [0.1, 0.15) is 43.6 Å². The Labute approximate surface area is 263 Å². The second-order valence-corrected chi connectivity index (χ2v) is 10.3. The smallest absolute Gasteiger partial charge is 0.303 e. The molecule has 0 radical (unpaired) electrons. The summed E-state index contributed by atoms with van der Waals surface area (Å²) in [6.45, 7) is 6.48. The van der Waals surface area contributed by atoms with Crippen molar-refractivity contribution in [2.75, 3.05) is 13.2 Å². The zero-order valence-corrected chi connectivity index (χ0v) is 25.4. The maximum Gasteiger partial charge on any atom is 0.303 e. The predicted molar refractivity (Wildman–Crippen MR) is 150 cm³/mol. The molecule has 17 nitrogen and oxygen atoms in total. The third kappa shape index (κ3) is 9.52. The predicted octanol–water partition coefficient (Wildman–Crippen LogP) is -1.10. The van der Waals surface area contributed by atoms with E-state index >= 15 is 0 Å². The van der Waals surface area contributed by atoms with E-state index in [4.69, 9.17) is 38.0 Å². The highest BCUT2D eigenvalue weighted by Gasteiger charge is 2.55. The average Bonchev–Trinajstić information content (AvgIpc) is 3.00. The molecule has 2 saturated heterocycles. The molecular weight excluding hydrogens is 618 g/mol. The minimum Gasteiger partial charge on any atom is -0.463 e. The minimum atomic E-state index is -1.89. The van der Waals surface area contributed by atoms with Crippen molar-refractivity contribution in [1.29, 1.82) is 0 Å². The molecule has 17 heteroatoms. The van der Waals surface area contributed by atoms with Crippen LogP contribution in [0.2, 0.25) is 0 Å². The highest BCUT2D eigenvalue weighted by Crippen LogP contribution is 2.33. The summed E-state index contributed by atoms with van der Waals surface area (Å²) < 4.78 is 38.3. The van der Waals surface area contributed by atoms with Gasteiger partial charge in [0.1, 0.15) is 37.1 Å². The Hall–Kier alpha value is -3.97. The molecule has 2 aliphatic heterocycles. The number of hydroxylamine groups is 1. The van der Waals surface area contributed by atoms with E-state index in [2.05, 4.69) is 12.1 Å². The van der Waals surface area contributed by atoms with Crippen molar-refractivity contribution < 1.29 is 77.3 Å².